The average molecular weight is 188 g/mol. The number of aromatic nitrogens is 2. The highest BCUT2D eigenvalue weighted by Crippen LogP contribution is 2.25. The van der Waals surface area contributed by atoms with Gasteiger partial charge in [-0.15, -0.1) is 0 Å². The lowest BCUT2D eigenvalue weighted by Gasteiger charge is -2.03. The van der Waals surface area contributed by atoms with Gasteiger partial charge in [-0.25, -0.2) is 4.39 Å². The van der Waals surface area contributed by atoms with E-state index >= 15 is 0 Å². The summed E-state index contributed by atoms with van der Waals surface area (Å²) in [6.45, 7) is 3.59. The number of halogens is 1. The van der Waals surface area contributed by atoms with E-state index in [-0.39, 0.29) is 5.82 Å². The van der Waals surface area contributed by atoms with Crippen molar-refractivity contribution >= 4 is 6.08 Å². The SMILES string of the molecule is C=Cc1c(F)cccc1-c1cn[nH]c1. The summed E-state index contributed by atoms with van der Waals surface area (Å²) in [4.78, 5) is 0. The van der Waals surface area contributed by atoms with E-state index in [0.717, 1.165) is 11.1 Å². The minimum absolute atomic E-state index is 0.265. The third-order valence-corrected chi connectivity index (χ3v) is 2.07. The van der Waals surface area contributed by atoms with Gasteiger partial charge in [0.05, 0.1) is 6.20 Å². The van der Waals surface area contributed by atoms with Crippen LogP contribution in [0.25, 0.3) is 17.2 Å². The molecule has 1 aromatic heterocycles. The fourth-order valence-corrected chi connectivity index (χ4v) is 1.39. The van der Waals surface area contributed by atoms with Crippen LogP contribution in [0.2, 0.25) is 0 Å². The standard InChI is InChI=1S/C11H9FN2/c1-2-9-10(4-3-5-11(9)12)8-6-13-14-7-8/h2-7H,1H2,(H,13,14). The van der Waals surface area contributed by atoms with Crippen molar-refractivity contribution in [2.45, 2.75) is 0 Å². The lowest BCUT2D eigenvalue weighted by atomic mass is 10.0. The second-order valence-corrected chi connectivity index (χ2v) is 2.89. The first kappa shape index (κ1) is 8.69. The van der Waals surface area contributed by atoms with Crippen molar-refractivity contribution in [3.05, 3.63) is 48.6 Å². The summed E-state index contributed by atoms with van der Waals surface area (Å²) in [5.41, 5.74) is 2.17. The van der Waals surface area contributed by atoms with E-state index in [4.69, 9.17) is 0 Å². The summed E-state index contributed by atoms with van der Waals surface area (Å²) in [7, 11) is 0. The predicted molar refractivity (Wildman–Crippen MR) is 54.1 cm³/mol. The molecule has 0 radical (unpaired) electrons. The monoisotopic (exact) mass is 188 g/mol. The van der Waals surface area contributed by atoms with E-state index in [1.54, 1.807) is 18.5 Å². The number of hydrogen-bond acceptors (Lipinski definition) is 1. The first-order valence-electron chi connectivity index (χ1n) is 4.23. The lowest BCUT2D eigenvalue weighted by Crippen LogP contribution is -1.86. The van der Waals surface area contributed by atoms with Crippen LogP contribution in [0.5, 0.6) is 0 Å². The first-order chi connectivity index (χ1) is 6.83. The van der Waals surface area contributed by atoms with Crippen molar-refractivity contribution in [3.63, 3.8) is 0 Å². The molecule has 0 unspecified atom stereocenters. The van der Waals surface area contributed by atoms with Crippen LogP contribution in [0.15, 0.2) is 37.2 Å². The zero-order valence-electron chi connectivity index (χ0n) is 7.50. The number of rotatable bonds is 2. The van der Waals surface area contributed by atoms with Gasteiger partial charge in [-0.3, -0.25) is 5.10 Å². The summed E-state index contributed by atoms with van der Waals surface area (Å²) in [6, 6.07) is 4.93. The Labute approximate surface area is 81.1 Å². The molecule has 0 fully saturated rings. The van der Waals surface area contributed by atoms with Crippen molar-refractivity contribution in [1.29, 1.82) is 0 Å². The molecule has 0 amide bonds. The molecule has 1 heterocycles. The van der Waals surface area contributed by atoms with E-state index in [1.807, 2.05) is 6.07 Å². The third kappa shape index (κ3) is 1.33. The highest BCUT2D eigenvalue weighted by atomic mass is 19.1. The van der Waals surface area contributed by atoms with E-state index in [2.05, 4.69) is 16.8 Å². The van der Waals surface area contributed by atoms with Gasteiger partial charge in [-0.1, -0.05) is 24.8 Å². The number of nitrogens with one attached hydrogen (secondary N) is 1. The van der Waals surface area contributed by atoms with Crippen LogP contribution < -0.4 is 0 Å². The number of nitrogens with zero attached hydrogens (tertiary/aromatic N) is 1. The fraction of sp³-hybridized carbons (Fsp3) is 0. The normalized spacial score (nSPS) is 10.1. The smallest absolute Gasteiger partial charge is 0.131 e. The summed E-state index contributed by atoms with van der Waals surface area (Å²) in [5.74, 6) is -0.265. The summed E-state index contributed by atoms with van der Waals surface area (Å²) >= 11 is 0. The van der Waals surface area contributed by atoms with Gasteiger partial charge in [0.2, 0.25) is 0 Å². The third-order valence-electron chi connectivity index (χ3n) is 2.07. The first-order valence-corrected chi connectivity index (χ1v) is 4.23. The zero-order chi connectivity index (χ0) is 9.97. The van der Waals surface area contributed by atoms with Gasteiger partial charge in [-0.05, 0) is 11.6 Å². The summed E-state index contributed by atoms with van der Waals surface area (Å²) in [5, 5.41) is 6.51. The van der Waals surface area contributed by atoms with Crippen molar-refractivity contribution in [2.75, 3.05) is 0 Å². The Morgan fingerprint density at radius 2 is 2.29 bits per heavy atom. The molecule has 0 saturated heterocycles. The molecule has 0 bridgehead atoms. The van der Waals surface area contributed by atoms with Gasteiger partial charge in [0, 0.05) is 17.3 Å². The van der Waals surface area contributed by atoms with Crippen LogP contribution in [-0.4, -0.2) is 10.2 Å². The van der Waals surface area contributed by atoms with Crippen molar-refractivity contribution in [2.24, 2.45) is 0 Å². The maximum Gasteiger partial charge on any atom is 0.131 e. The molecule has 0 spiro atoms. The van der Waals surface area contributed by atoms with Crippen molar-refractivity contribution in [3.8, 4) is 11.1 Å². The van der Waals surface area contributed by atoms with Gasteiger partial charge in [0.1, 0.15) is 5.82 Å². The number of H-pyrrole nitrogens is 1. The minimum Gasteiger partial charge on any atom is -0.285 e. The molecule has 0 atom stereocenters. The van der Waals surface area contributed by atoms with Gasteiger partial charge >= 0.3 is 0 Å². The number of hydrogen-bond donors (Lipinski definition) is 1. The molecule has 0 aliphatic heterocycles. The van der Waals surface area contributed by atoms with Crippen molar-refractivity contribution < 1.29 is 4.39 Å². The largest absolute Gasteiger partial charge is 0.285 e. The van der Waals surface area contributed by atoms with Crippen LogP contribution in [0.1, 0.15) is 5.56 Å². The Balaban J connectivity index is 2.64. The molecule has 70 valence electrons. The molecule has 0 aliphatic carbocycles. The quantitative estimate of drug-likeness (QED) is 0.771. The molecule has 3 heteroatoms. The topological polar surface area (TPSA) is 28.7 Å². The number of aromatic amines is 1. The van der Waals surface area contributed by atoms with E-state index in [0.29, 0.717) is 5.56 Å². The molecule has 1 aromatic carbocycles. The van der Waals surface area contributed by atoms with E-state index < -0.39 is 0 Å². The maximum absolute atomic E-state index is 13.3. The Morgan fingerprint density at radius 3 is 2.93 bits per heavy atom. The van der Waals surface area contributed by atoms with Crippen LogP contribution in [0.3, 0.4) is 0 Å². The molecular formula is C11H9FN2. The van der Waals surface area contributed by atoms with Crippen molar-refractivity contribution in [1.82, 2.24) is 10.2 Å². The Morgan fingerprint density at radius 1 is 1.43 bits per heavy atom. The maximum atomic E-state index is 13.3. The molecule has 2 rings (SSSR count). The van der Waals surface area contributed by atoms with E-state index in [1.165, 1.54) is 12.1 Å². The second kappa shape index (κ2) is 3.46. The molecule has 2 nitrogen and oxygen atoms in total. The second-order valence-electron chi connectivity index (χ2n) is 2.89. The van der Waals surface area contributed by atoms with Gasteiger partial charge in [0.25, 0.3) is 0 Å². The molecule has 0 saturated carbocycles. The fourth-order valence-electron chi connectivity index (χ4n) is 1.39. The Hall–Kier alpha value is -1.90. The average Bonchev–Trinajstić information content (AvgIpc) is 2.70. The van der Waals surface area contributed by atoms with Crippen LogP contribution in [-0.2, 0) is 0 Å². The molecule has 1 N–H and O–H groups in total. The van der Waals surface area contributed by atoms with Crippen LogP contribution >= 0.6 is 0 Å². The minimum atomic E-state index is -0.265. The molecule has 2 aromatic rings. The van der Waals surface area contributed by atoms with E-state index in [9.17, 15) is 4.39 Å². The highest BCUT2D eigenvalue weighted by molar-refractivity contribution is 5.74. The van der Waals surface area contributed by atoms with Crippen LogP contribution in [0.4, 0.5) is 4.39 Å². The molecule has 14 heavy (non-hydrogen) atoms. The Kier molecular flexibility index (Phi) is 2.14. The summed E-state index contributed by atoms with van der Waals surface area (Å²) in [6.07, 6.45) is 4.89. The highest BCUT2D eigenvalue weighted by Gasteiger charge is 2.07. The molecule has 0 aliphatic rings. The van der Waals surface area contributed by atoms with Gasteiger partial charge < -0.3 is 0 Å². The number of benzene rings is 1. The molecular weight excluding hydrogens is 179 g/mol. The Bertz CT molecular complexity index is 446. The van der Waals surface area contributed by atoms with Gasteiger partial charge in [-0.2, -0.15) is 5.10 Å². The lowest BCUT2D eigenvalue weighted by molar-refractivity contribution is 0.625. The predicted octanol–water partition coefficient (Wildman–Crippen LogP) is 2.86. The zero-order valence-corrected chi connectivity index (χ0v) is 7.50. The van der Waals surface area contributed by atoms with Gasteiger partial charge in [0.15, 0.2) is 0 Å². The summed E-state index contributed by atoms with van der Waals surface area (Å²) < 4.78 is 13.3. The van der Waals surface area contributed by atoms with Crippen LogP contribution in [0, 0.1) is 5.82 Å².